The molecule has 4 aromatic carbocycles. The van der Waals surface area contributed by atoms with Gasteiger partial charge in [-0.05, 0) is 96.7 Å². The number of nitrogens with zero attached hydrogens (tertiary/aromatic N) is 4. The van der Waals surface area contributed by atoms with Crippen LogP contribution >= 0.6 is 34.8 Å². The second-order valence-corrected chi connectivity index (χ2v) is 27.1. The Labute approximate surface area is 540 Å². The smallest absolute Gasteiger partial charge is 0.418 e. The molecular weight excluding hydrogens is 1280 g/mol. The maximum absolute atomic E-state index is 13.9. The number of ketones is 1. The topological polar surface area (TPSA) is 261 Å². The van der Waals surface area contributed by atoms with Crippen LogP contribution in [-0.4, -0.2) is 103 Å². The van der Waals surface area contributed by atoms with E-state index in [1.807, 2.05) is 32.2 Å². The van der Waals surface area contributed by atoms with E-state index in [1.54, 1.807) is 62.5 Å². The number of carbonyl (C=O) groups excluding carboxylic acids is 6. The quantitative estimate of drug-likeness (QED) is 0.00893. The molecule has 7 rings (SSSR count). The molecule has 0 saturated carbocycles. The Hall–Kier alpha value is -7.35. The van der Waals surface area contributed by atoms with Crippen LogP contribution in [0.2, 0.25) is 15.1 Å². The number of hydrogen-bond acceptors (Lipinski definition) is 13. The first-order valence-electron chi connectivity index (χ1n) is 29.4. The number of fused-ring (bicyclic) bond motifs is 1. The molecule has 0 aliphatic carbocycles. The third-order valence-electron chi connectivity index (χ3n) is 14.4. The number of sulfone groups is 1. The first-order chi connectivity index (χ1) is 42.5. The Bertz CT molecular complexity index is 3750. The number of rotatable bonds is 25. The van der Waals surface area contributed by atoms with Crippen LogP contribution in [0.4, 0.5) is 43.8 Å². The first kappa shape index (κ1) is 74.4. The Balaban J connectivity index is 0.000000252. The zero-order valence-corrected chi connectivity index (χ0v) is 55.5. The molecule has 0 radical (unpaired) electrons. The molecule has 496 valence electrons. The summed E-state index contributed by atoms with van der Waals surface area (Å²) in [4.78, 5) is 76.1. The average Bonchev–Trinajstić information content (AvgIpc) is 1.15. The molecule has 1 saturated heterocycles. The van der Waals surface area contributed by atoms with Crippen molar-refractivity contribution in [1.82, 2.24) is 24.7 Å². The third-order valence-corrected chi connectivity index (χ3v) is 17.3. The summed E-state index contributed by atoms with van der Waals surface area (Å²) in [6.07, 6.45) is 11.2. The molecule has 2 atom stereocenters. The van der Waals surface area contributed by atoms with Crippen LogP contribution in [0.15, 0.2) is 48.5 Å². The number of aryl methyl sites for hydroxylation is 5. The van der Waals surface area contributed by atoms with Crippen LogP contribution in [0.3, 0.4) is 0 Å². The maximum Gasteiger partial charge on any atom is 0.418 e. The number of ether oxygens (including phenoxy) is 2. The van der Waals surface area contributed by atoms with Crippen LogP contribution in [0.5, 0.6) is 11.5 Å². The second-order valence-electron chi connectivity index (χ2n) is 23.6. The largest absolute Gasteiger partial charge is 0.506 e. The maximum atomic E-state index is 13.9. The highest BCUT2D eigenvalue weighted by molar-refractivity contribution is 7.91. The number of anilines is 3. The third kappa shape index (κ3) is 19.8. The number of aromatic amines is 1. The minimum absolute atomic E-state index is 0.107. The van der Waals surface area contributed by atoms with Crippen molar-refractivity contribution in [2.45, 2.75) is 171 Å². The SMILES string of the molecule is CCCCCCCCCCCCS(=O)(=O)CCCc1nnc2c(Cl)c(C)[nH]n12.Cc1ccc(Cl)c(NC(=O)C(C(=O)C(C)(C)C)N2C(=O)OC(C)(C)C2=O)c1.Cc1ccc(OC(C)C(=O)Nc2cc(O)c(NC(=O)c3c(F)c(F)c(F)c(F)c3F)cc2Cl)c(C)c1. The van der Waals surface area contributed by atoms with E-state index in [2.05, 4.69) is 32.9 Å². The van der Waals surface area contributed by atoms with Gasteiger partial charge in [0.15, 0.2) is 58.3 Å². The van der Waals surface area contributed by atoms with E-state index in [9.17, 15) is 64.2 Å². The lowest BCUT2D eigenvalue weighted by Gasteiger charge is -2.28. The Morgan fingerprint density at radius 1 is 0.714 bits per heavy atom. The number of carbonyl (C=O) groups is 6. The van der Waals surface area contributed by atoms with Crippen molar-refractivity contribution in [2.75, 3.05) is 27.5 Å². The molecule has 6 aromatic rings. The van der Waals surface area contributed by atoms with E-state index in [-0.39, 0.29) is 27.2 Å². The van der Waals surface area contributed by atoms with Crippen molar-refractivity contribution in [3.05, 3.63) is 126 Å². The summed E-state index contributed by atoms with van der Waals surface area (Å²) in [6.45, 7) is 18.7. The molecule has 5 N–H and O–H groups in total. The number of nitrogens with one attached hydrogen (secondary N) is 4. The summed E-state index contributed by atoms with van der Waals surface area (Å²) in [5, 5.41) is 28.9. The molecule has 1 aliphatic heterocycles. The van der Waals surface area contributed by atoms with Gasteiger partial charge in [-0.15, -0.1) is 10.2 Å². The second kappa shape index (κ2) is 32.3. The highest BCUT2D eigenvalue weighted by Crippen LogP contribution is 2.36. The summed E-state index contributed by atoms with van der Waals surface area (Å²) in [7, 11) is -2.99. The minimum Gasteiger partial charge on any atom is -0.506 e. The lowest BCUT2D eigenvalue weighted by Crippen LogP contribution is -2.55. The highest BCUT2D eigenvalue weighted by Gasteiger charge is 2.55. The fourth-order valence-corrected chi connectivity index (χ4v) is 11.2. The molecule has 1 aliphatic rings. The first-order valence-corrected chi connectivity index (χ1v) is 32.3. The number of halogens is 8. The predicted octanol–water partition coefficient (Wildman–Crippen LogP) is 14.6. The standard InChI is InChI=1S/C24H18ClF5N2O4.C20H35ClN4O2S.C19H23ClN2O5/c1-9-4-5-16(10(2)6-9)36-11(3)23(34)31-13-8-15(33)14(7-12(13)25)32-24(35)17-18(26)20(28)22(30)21(29)19(17)27;1-3-4-5-6-7-8-9-10-11-12-15-28(26,27)16-13-14-18-22-23-20-19(21)17(2)24-25(18)20;1-10-7-8-11(20)12(9-10)21-15(24)13(14(23)18(2,3)4)22-16(25)19(5,6)27-17(22)26/h4-8,11,33H,1-3H3,(H,31,34)(H,32,35);24H,3-16H2,1-2H3;7-9,13H,1-6H3,(H,21,24). The zero-order chi connectivity index (χ0) is 68.0. The number of hydrogen-bond donors (Lipinski definition) is 5. The molecule has 1 fully saturated rings. The molecule has 28 heteroatoms. The normalized spacial score (nSPS) is 13.6. The van der Waals surface area contributed by atoms with Crippen LogP contribution in [-0.2, 0) is 40.2 Å². The molecule has 5 amide bonds. The van der Waals surface area contributed by atoms with Crippen LogP contribution < -0.4 is 20.7 Å². The van der Waals surface area contributed by atoms with Gasteiger partial charge >= 0.3 is 6.09 Å². The summed E-state index contributed by atoms with van der Waals surface area (Å²) in [5.74, 6) is -15.3. The van der Waals surface area contributed by atoms with Crippen LogP contribution in [0.1, 0.15) is 158 Å². The number of benzene rings is 4. The number of phenolic OH excluding ortho intramolecular Hbond substituents is 1. The molecule has 0 spiro atoms. The van der Waals surface area contributed by atoms with E-state index in [0.717, 1.165) is 59.6 Å². The average molecular weight is 1350 g/mol. The molecular formula is C63H76Cl3F5N8O11S. The van der Waals surface area contributed by atoms with Crippen LogP contribution in [0, 0.1) is 62.2 Å². The number of H-pyrrole nitrogens is 1. The van der Waals surface area contributed by atoms with E-state index in [0.29, 0.717) is 39.9 Å². The number of aromatic hydroxyl groups is 1. The lowest BCUT2D eigenvalue weighted by molar-refractivity contribution is -0.145. The van der Waals surface area contributed by atoms with Crippen molar-refractivity contribution in [3.8, 4) is 11.5 Å². The molecule has 91 heavy (non-hydrogen) atoms. The van der Waals surface area contributed by atoms with Gasteiger partial charge in [0.2, 0.25) is 5.82 Å². The van der Waals surface area contributed by atoms with Crippen molar-refractivity contribution in [2.24, 2.45) is 5.41 Å². The number of amides is 5. The van der Waals surface area contributed by atoms with Crippen molar-refractivity contribution < 1.29 is 73.7 Å². The minimum atomic E-state index is -2.99. The Kier molecular flexibility index (Phi) is 26.4. The van der Waals surface area contributed by atoms with Crippen molar-refractivity contribution in [1.29, 1.82) is 0 Å². The molecule has 2 aromatic heterocycles. The molecule has 3 heterocycles. The number of imide groups is 1. The van der Waals surface area contributed by atoms with E-state index in [4.69, 9.17) is 44.3 Å². The lowest BCUT2D eigenvalue weighted by atomic mass is 9.85. The number of cyclic esters (lactones) is 1. The number of phenols is 1. The molecule has 19 nitrogen and oxygen atoms in total. The molecule has 2 unspecified atom stereocenters. The number of unbranched alkanes of at least 4 members (excludes halogenated alkanes) is 9. The monoisotopic (exact) mass is 1350 g/mol. The predicted molar refractivity (Wildman–Crippen MR) is 338 cm³/mol. The van der Waals surface area contributed by atoms with Gasteiger partial charge in [0.25, 0.3) is 23.6 Å². The Morgan fingerprint density at radius 2 is 1.25 bits per heavy atom. The van der Waals surface area contributed by atoms with Gasteiger partial charge in [0, 0.05) is 17.9 Å². The highest BCUT2D eigenvalue weighted by atomic mass is 35.5. The zero-order valence-electron chi connectivity index (χ0n) is 52.4. The molecule has 0 bridgehead atoms. The van der Waals surface area contributed by atoms with Gasteiger partial charge in [0.1, 0.15) is 31.9 Å². The fourth-order valence-electron chi connectivity index (χ4n) is 9.25. The summed E-state index contributed by atoms with van der Waals surface area (Å²) < 4.78 is 105. The van der Waals surface area contributed by atoms with Crippen LogP contribution in [0.25, 0.3) is 5.65 Å². The van der Waals surface area contributed by atoms with Crippen molar-refractivity contribution in [3.63, 3.8) is 0 Å². The summed E-state index contributed by atoms with van der Waals surface area (Å²) in [5.41, 5.74) is -0.443. The van der Waals surface area contributed by atoms with Gasteiger partial charge in [-0.3, -0.25) is 29.1 Å². The summed E-state index contributed by atoms with van der Waals surface area (Å²) in [6, 6.07) is 10.5. The van der Waals surface area contributed by atoms with Crippen molar-refractivity contribution >= 4 is 103 Å². The van der Waals surface area contributed by atoms with Gasteiger partial charge in [-0.2, -0.15) is 0 Å². The van der Waals surface area contributed by atoms with E-state index >= 15 is 0 Å². The van der Waals surface area contributed by atoms with E-state index in [1.165, 1.54) is 65.7 Å². The van der Waals surface area contributed by atoms with E-state index < -0.39 is 115 Å². The number of aromatic nitrogens is 4. The van der Waals surface area contributed by atoms with Gasteiger partial charge in [-0.25, -0.2) is 44.6 Å². The fraction of sp³-hybridized carbons (Fsp3) is 0.460. The Morgan fingerprint density at radius 3 is 1.82 bits per heavy atom. The number of Topliss-reactive ketones (excluding diaryl/α,β-unsaturated/α-hetero) is 1. The van der Waals surface area contributed by atoms with Gasteiger partial charge in [-0.1, -0.05) is 144 Å². The van der Waals surface area contributed by atoms with Gasteiger partial charge in [0.05, 0.1) is 44.3 Å². The van der Waals surface area contributed by atoms with Gasteiger partial charge < -0.3 is 30.5 Å². The summed E-state index contributed by atoms with van der Waals surface area (Å²) >= 11 is 18.3.